The first kappa shape index (κ1) is 14.0. The highest BCUT2D eigenvalue weighted by molar-refractivity contribution is 5.83. The third-order valence-corrected chi connectivity index (χ3v) is 3.81. The second-order valence-electron chi connectivity index (χ2n) is 5.30. The van der Waals surface area contributed by atoms with Gasteiger partial charge in [0.15, 0.2) is 0 Å². The lowest BCUT2D eigenvalue weighted by Crippen LogP contribution is -2.52. The van der Waals surface area contributed by atoms with Crippen LogP contribution >= 0.6 is 0 Å². The van der Waals surface area contributed by atoms with Crippen molar-refractivity contribution < 1.29 is 9.53 Å². The molecule has 2 rings (SSSR count). The molecule has 0 unspecified atom stereocenters. The molecule has 19 heavy (non-hydrogen) atoms. The molecule has 1 amide bonds. The molecule has 1 aromatic carbocycles. The summed E-state index contributed by atoms with van der Waals surface area (Å²) in [4.78, 5) is 12.3. The van der Waals surface area contributed by atoms with E-state index in [-0.39, 0.29) is 11.4 Å². The van der Waals surface area contributed by atoms with Gasteiger partial charge in [-0.3, -0.25) is 4.79 Å². The zero-order valence-corrected chi connectivity index (χ0v) is 11.4. The zero-order valence-electron chi connectivity index (χ0n) is 11.4. The molecule has 0 aromatic heterocycles. The maximum absolute atomic E-state index is 12.3. The third-order valence-electron chi connectivity index (χ3n) is 3.81. The molecule has 0 saturated heterocycles. The number of ether oxygens (including phenoxy) is 1. The zero-order chi connectivity index (χ0) is 13.7. The topological polar surface area (TPSA) is 64.3 Å². The van der Waals surface area contributed by atoms with Crippen LogP contribution in [0.3, 0.4) is 0 Å². The van der Waals surface area contributed by atoms with Gasteiger partial charge in [0.1, 0.15) is 6.04 Å². The standard InChI is InChI=1S/C15H22N2O2/c1-19-11-15(9-5-6-10-15)17-14(18)13(16)12-7-3-2-4-8-12/h2-4,7-8,13H,5-6,9-11,16H2,1H3,(H,17,18)/t13-/m1/s1. The van der Waals surface area contributed by atoms with Crippen molar-refractivity contribution in [1.29, 1.82) is 0 Å². The predicted octanol–water partition coefficient (Wildman–Crippen LogP) is 1.76. The summed E-state index contributed by atoms with van der Waals surface area (Å²) in [5, 5.41) is 3.10. The van der Waals surface area contributed by atoms with Crippen molar-refractivity contribution >= 4 is 5.91 Å². The van der Waals surface area contributed by atoms with E-state index in [9.17, 15) is 4.79 Å². The van der Waals surface area contributed by atoms with Crippen LogP contribution in [-0.2, 0) is 9.53 Å². The molecule has 1 aliphatic carbocycles. The quantitative estimate of drug-likeness (QED) is 0.850. The summed E-state index contributed by atoms with van der Waals surface area (Å²) in [7, 11) is 1.67. The molecule has 0 bridgehead atoms. The fourth-order valence-electron chi connectivity index (χ4n) is 2.78. The normalized spacial score (nSPS) is 19.1. The van der Waals surface area contributed by atoms with Crippen molar-refractivity contribution in [2.45, 2.75) is 37.3 Å². The van der Waals surface area contributed by atoms with E-state index in [0.29, 0.717) is 6.61 Å². The monoisotopic (exact) mass is 262 g/mol. The summed E-state index contributed by atoms with van der Waals surface area (Å²) in [6, 6.07) is 8.84. The summed E-state index contributed by atoms with van der Waals surface area (Å²) in [5.41, 5.74) is 6.63. The van der Waals surface area contributed by atoms with Gasteiger partial charge in [-0.2, -0.15) is 0 Å². The lowest BCUT2D eigenvalue weighted by atomic mass is 9.97. The average molecular weight is 262 g/mol. The first-order valence-corrected chi connectivity index (χ1v) is 6.78. The first-order valence-electron chi connectivity index (χ1n) is 6.78. The second-order valence-corrected chi connectivity index (χ2v) is 5.30. The minimum Gasteiger partial charge on any atom is -0.382 e. The van der Waals surface area contributed by atoms with Gasteiger partial charge in [0, 0.05) is 7.11 Å². The Balaban J connectivity index is 2.03. The van der Waals surface area contributed by atoms with Crippen molar-refractivity contribution in [1.82, 2.24) is 5.32 Å². The number of amides is 1. The van der Waals surface area contributed by atoms with Gasteiger partial charge in [0.2, 0.25) is 5.91 Å². The molecular formula is C15H22N2O2. The highest BCUT2D eigenvalue weighted by Gasteiger charge is 2.36. The maximum atomic E-state index is 12.3. The second kappa shape index (κ2) is 6.17. The number of hydrogen-bond acceptors (Lipinski definition) is 3. The molecule has 3 N–H and O–H groups in total. The Morgan fingerprint density at radius 3 is 2.58 bits per heavy atom. The molecule has 0 heterocycles. The Bertz CT molecular complexity index is 413. The summed E-state index contributed by atoms with van der Waals surface area (Å²) >= 11 is 0. The van der Waals surface area contributed by atoms with E-state index in [1.807, 2.05) is 30.3 Å². The van der Waals surface area contributed by atoms with Crippen LogP contribution < -0.4 is 11.1 Å². The third kappa shape index (κ3) is 3.33. The fraction of sp³-hybridized carbons (Fsp3) is 0.533. The van der Waals surface area contributed by atoms with Crippen LogP contribution in [0.15, 0.2) is 30.3 Å². The molecular weight excluding hydrogens is 240 g/mol. The van der Waals surface area contributed by atoms with E-state index in [2.05, 4.69) is 5.32 Å². The molecule has 104 valence electrons. The lowest BCUT2D eigenvalue weighted by Gasteiger charge is -2.30. The van der Waals surface area contributed by atoms with E-state index in [1.54, 1.807) is 7.11 Å². The largest absolute Gasteiger partial charge is 0.382 e. The van der Waals surface area contributed by atoms with E-state index >= 15 is 0 Å². The lowest BCUT2D eigenvalue weighted by molar-refractivity contribution is -0.125. The van der Waals surface area contributed by atoms with E-state index in [1.165, 1.54) is 0 Å². The minimum absolute atomic E-state index is 0.120. The van der Waals surface area contributed by atoms with E-state index < -0.39 is 6.04 Å². The van der Waals surface area contributed by atoms with Crippen LogP contribution in [0, 0.1) is 0 Å². The number of nitrogens with two attached hydrogens (primary N) is 1. The van der Waals surface area contributed by atoms with Crippen LogP contribution in [0.1, 0.15) is 37.3 Å². The van der Waals surface area contributed by atoms with Gasteiger partial charge in [0.05, 0.1) is 12.1 Å². The highest BCUT2D eigenvalue weighted by Crippen LogP contribution is 2.30. The fourth-order valence-corrected chi connectivity index (χ4v) is 2.78. The number of carbonyl (C=O) groups excluding carboxylic acids is 1. The first-order chi connectivity index (χ1) is 9.17. The van der Waals surface area contributed by atoms with Crippen LogP contribution in [-0.4, -0.2) is 25.2 Å². The van der Waals surface area contributed by atoms with Crippen molar-refractivity contribution in [2.24, 2.45) is 5.73 Å². The Labute approximate surface area is 114 Å². The highest BCUT2D eigenvalue weighted by atomic mass is 16.5. The summed E-state index contributed by atoms with van der Waals surface area (Å²) in [6.45, 7) is 0.556. The molecule has 1 atom stereocenters. The molecule has 1 aliphatic rings. The number of nitrogens with one attached hydrogen (secondary N) is 1. The molecule has 4 nitrogen and oxygen atoms in total. The molecule has 1 saturated carbocycles. The predicted molar refractivity (Wildman–Crippen MR) is 74.6 cm³/mol. The van der Waals surface area contributed by atoms with Gasteiger partial charge in [-0.15, -0.1) is 0 Å². The summed E-state index contributed by atoms with van der Waals surface area (Å²) in [5.74, 6) is -0.120. The SMILES string of the molecule is COCC1(NC(=O)[C@H](N)c2ccccc2)CCCC1. The number of carbonyl (C=O) groups is 1. The molecule has 0 spiro atoms. The Morgan fingerprint density at radius 1 is 1.37 bits per heavy atom. The van der Waals surface area contributed by atoms with Crippen molar-refractivity contribution in [2.75, 3.05) is 13.7 Å². The van der Waals surface area contributed by atoms with Crippen molar-refractivity contribution in [3.05, 3.63) is 35.9 Å². The molecule has 1 fully saturated rings. The van der Waals surface area contributed by atoms with Crippen molar-refractivity contribution in [3.8, 4) is 0 Å². The summed E-state index contributed by atoms with van der Waals surface area (Å²) < 4.78 is 5.26. The average Bonchev–Trinajstić information content (AvgIpc) is 2.87. The minimum atomic E-state index is -0.615. The van der Waals surface area contributed by atoms with Gasteiger partial charge in [0.25, 0.3) is 0 Å². The smallest absolute Gasteiger partial charge is 0.242 e. The molecule has 4 heteroatoms. The van der Waals surface area contributed by atoms with Crippen LogP contribution in [0.2, 0.25) is 0 Å². The van der Waals surface area contributed by atoms with Crippen LogP contribution in [0.25, 0.3) is 0 Å². The number of rotatable bonds is 5. The van der Waals surface area contributed by atoms with E-state index in [0.717, 1.165) is 31.2 Å². The molecule has 0 radical (unpaired) electrons. The van der Waals surface area contributed by atoms with Gasteiger partial charge >= 0.3 is 0 Å². The van der Waals surface area contributed by atoms with Gasteiger partial charge in [-0.05, 0) is 18.4 Å². The van der Waals surface area contributed by atoms with Gasteiger partial charge in [-0.25, -0.2) is 0 Å². The van der Waals surface area contributed by atoms with E-state index in [4.69, 9.17) is 10.5 Å². The Hall–Kier alpha value is -1.39. The van der Waals surface area contributed by atoms with Crippen molar-refractivity contribution in [3.63, 3.8) is 0 Å². The Kier molecular flexibility index (Phi) is 4.56. The van der Waals surface area contributed by atoms with Crippen LogP contribution in [0.4, 0.5) is 0 Å². The maximum Gasteiger partial charge on any atom is 0.242 e. The summed E-state index contributed by atoms with van der Waals surface area (Å²) in [6.07, 6.45) is 4.19. The molecule has 1 aromatic rings. The number of hydrogen-bond donors (Lipinski definition) is 2. The van der Waals surface area contributed by atoms with Crippen LogP contribution in [0.5, 0.6) is 0 Å². The van der Waals surface area contributed by atoms with Gasteiger partial charge < -0.3 is 15.8 Å². The molecule has 0 aliphatic heterocycles. The number of methoxy groups -OCH3 is 1. The number of benzene rings is 1. The Morgan fingerprint density at radius 2 is 2.00 bits per heavy atom. The van der Waals surface area contributed by atoms with Gasteiger partial charge in [-0.1, -0.05) is 43.2 Å².